The van der Waals surface area contributed by atoms with Crippen molar-refractivity contribution in [2.45, 2.75) is 77.5 Å². The molecule has 3 nitrogen and oxygen atoms in total. The van der Waals surface area contributed by atoms with Crippen LogP contribution in [-0.4, -0.2) is 29.9 Å². The van der Waals surface area contributed by atoms with E-state index in [1.165, 1.54) is 12.1 Å². The van der Waals surface area contributed by atoms with E-state index >= 15 is 0 Å². The van der Waals surface area contributed by atoms with Crippen LogP contribution >= 0.6 is 0 Å². The number of halogens is 3. The Balaban J connectivity index is 3.39. The fraction of sp³-hybridized carbons (Fsp3) is 0.591. The molecule has 0 saturated carbocycles. The summed E-state index contributed by atoms with van der Waals surface area (Å²) in [4.78, 5) is 0. The Morgan fingerprint density at radius 1 is 1.13 bits per heavy atom. The number of hydrogen-bond acceptors (Lipinski definition) is 3. The van der Waals surface area contributed by atoms with Crippen LogP contribution in [0.15, 0.2) is 22.6 Å². The molecule has 1 unspecified atom stereocenters. The molecule has 8 heteroatoms. The van der Waals surface area contributed by atoms with E-state index in [9.17, 15) is 17.7 Å². The van der Waals surface area contributed by atoms with Gasteiger partial charge < -0.3 is 8.98 Å². The van der Waals surface area contributed by atoms with Crippen molar-refractivity contribution in [3.05, 3.63) is 34.9 Å². The number of hydrogen-bond donors (Lipinski definition) is 0. The van der Waals surface area contributed by atoms with Gasteiger partial charge in [0.2, 0.25) is 0 Å². The normalized spacial score (nSPS) is 14.9. The molecule has 0 N–H and O–H groups in total. The molecule has 0 amide bonds. The highest BCUT2D eigenvalue weighted by molar-refractivity contribution is 7.91. The minimum absolute atomic E-state index is 0.0238. The summed E-state index contributed by atoms with van der Waals surface area (Å²) in [5, 5.41) is -0.0238. The predicted octanol–water partition coefficient (Wildman–Crippen LogP) is 6.35. The maximum absolute atomic E-state index is 13.6. The molecule has 0 heterocycles. The van der Waals surface area contributed by atoms with Crippen LogP contribution in [-0.2, 0) is 22.0 Å². The summed E-state index contributed by atoms with van der Waals surface area (Å²) in [6.45, 7) is 17.2. The first-order valence-electron chi connectivity index (χ1n) is 9.68. The lowest BCUT2D eigenvalue weighted by atomic mass is 9.98. The molecule has 0 aromatic heterocycles. The first kappa shape index (κ1) is 26.8. The van der Waals surface area contributed by atoms with Gasteiger partial charge in [-0.3, -0.25) is 0 Å². The lowest BCUT2D eigenvalue weighted by Crippen LogP contribution is -2.40. The Morgan fingerprint density at radius 3 is 2.17 bits per heavy atom. The second-order valence-corrected chi connectivity index (χ2v) is 16.3. The van der Waals surface area contributed by atoms with Gasteiger partial charge in [-0.1, -0.05) is 49.1 Å². The summed E-state index contributed by atoms with van der Waals surface area (Å²) in [6.07, 6.45) is -4.57. The van der Waals surface area contributed by atoms with E-state index in [1.807, 2.05) is 0 Å². The second-order valence-electron chi connectivity index (χ2n) is 9.61. The van der Waals surface area contributed by atoms with Crippen molar-refractivity contribution in [2.24, 2.45) is 4.40 Å². The van der Waals surface area contributed by atoms with Gasteiger partial charge in [-0.25, -0.2) is 0 Å². The van der Waals surface area contributed by atoms with E-state index in [0.29, 0.717) is 0 Å². The molecule has 0 spiro atoms. The summed E-state index contributed by atoms with van der Waals surface area (Å²) >= 11 is -1.59. The molecule has 1 aromatic carbocycles. The predicted molar refractivity (Wildman–Crippen MR) is 122 cm³/mol. The van der Waals surface area contributed by atoms with Gasteiger partial charge in [-0.05, 0) is 51.9 Å². The van der Waals surface area contributed by atoms with Gasteiger partial charge in [0, 0.05) is 11.1 Å². The van der Waals surface area contributed by atoms with Crippen LogP contribution in [0.3, 0.4) is 0 Å². The van der Waals surface area contributed by atoms with Gasteiger partial charge in [0.25, 0.3) is 0 Å². The maximum atomic E-state index is 13.6. The fourth-order valence-corrected chi connectivity index (χ4v) is 3.58. The first-order valence-corrected chi connectivity index (χ1v) is 13.7. The van der Waals surface area contributed by atoms with Crippen molar-refractivity contribution >= 4 is 25.4 Å². The third kappa shape index (κ3) is 7.15. The molecule has 168 valence electrons. The fourth-order valence-electron chi connectivity index (χ4n) is 2.09. The van der Waals surface area contributed by atoms with Crippen LogP contribution in [0.25, 0.3) is 0 Å². The number of alkyl halides is 3. The van der Waals surface area contributed by atoms with Gasteiger partial charge in [-0.2, -0.15) is 13.2 Å². The molecule has 0 aliphatic heterocycles. The standard InChI is InChI=1S/C22H32F3NO2SSi/c1-16(26-29(27)20(2,3)4)17-12-10-14-19(22(23,24)25)18(17)13-11-15-28-30(8,9)21(5,6)7/h10,12,14H,15H2,1-9H3. The highest BCUT2D eigenvalue weighted by atomic mass is 32.2. The van der Waals surface area contributed by atoms with E-state index in [-0.39, 0.29) is 28.5 Å². The zero-order chi connectivity index (χ0) is 23.5. The van der Waals surface area contributed by atoms with Crippen LogP contribution < -0.4 is 0 Å². The molecule has 0 fully saturated rings. The van der Waals surface area contributed by atoms with Crippen molar-refractivity contribution in [1.29, 1.82) is 0 Å². The van der Waals surface area contributed by atoms with Crippen molar-refractivity contribution in [1.82, 2.24) is 0 Å². The van der Waals surface area contributed by atoms with E-state index in [0.717, 1.165) is 6.07 Å². The zero-order valence-electron chi connectivity index (χ0n) is 19.2. The lowest BCUT2D eigenvalue weighted by Gasteiger charge is -2.35. The van der Waals surface area contributed by atoms with Crippen molar-refractivity contribution in [3.63, 3.8) is 0 Å². The van der Waals surface area contributed by atoms with Gasteiger partial charge >= 0.3 is 6.18 Å². The average Bonchev–Trinajstić information content (AvgIpc) is 2.55. The van der Waals surface area contributed by atoms with Crippen molar-refractivity contribution in [3.8, 4) is 11.8 Å². The molecule has 0 radical (unpaired) electrons. The Morgan fingerprint density at radius 2 is 1.70 bits per heavy atom. The van der Waals surface area contributed by atoms with Crippen molar-refractivity contribution < 1.29 is 22.2 Å². The maximum Gasteiger partial charge on any atom is 0.417 e. The van der Waals surface area contributed by atoms with Crippen molar-refractivity contribution in [2.75, 3.05) is 6.61 Å². The average molecular weight is 460 g/mol. The van der Waals surface area contributed by atoms with E-state index < -0.39 is 36.2 Å². The third-order valence-corrected chi connectivity index (χ3v) is 11.0. The molecule has 0 aliphatic carbocycles. The quantitative estimate of drug-likeness (QED) is 0.228. The molecule has 1 aromatic rings. The highest BCUT2D eigenvalue weighted by Crippen LogP contribution is 2.36. The summed E-state index contributed by atoms with van der Waals surface area (Å²) in [7, 11) is -2.06. The lowest BCUT2D eigenvalue weighted by molar-refractivity contribution is -0.137. The molecule has 1 atom stereocenters. The molecule has 0 bridgehead atoms. The van der Waals surface area contributed by atoms with Crippen LogP contribution in [0.2, 0.25) is 18.1 Å². The second kappa shape index (κ2) is 9.47. The smallest absolute Gasteiger partial charge is 0.417 e. The molecule has 0 aliphatic rings. The molecule has 1 rings (SSSR count). The van der Waals surface area contributed by atoms with Gasteiger partial charge in [0.15, 0.2) is 8.32 Å². The summed E-state index contributed by atoms with van der Waals surface area (Å²) < 4.78 is 62.6. The van der Waals surface area contributed by atoms with Crippen LogP contribution in [0, 0.1) is 11.8 Å². The SMILES string of the molecule is CC(=N[S+]([O-])C(C)(C)C)c1cccc(C(F)(F)F)c1C#CCO[Si](C)(C)C(C)(C)C. The first-order chi connectivity index (χ1) is 13.4. The molecular formula is C22H32F3NO2SSi. The summed E-state index contributed by atoms with van der Waals surface area (Å²) in [6, 6.07) is 3.83. The molecule has 30 heavy (non-hydrogen) atoms. The number of benzene rings is 1. The van der Waals surface area contributed by atoms with Gasteiger partial charge in [0.1, 0.15) is 16.1 Å². The van der Waals surface area contributed by atoms with Crippen LogP contribution in [0.4, 0.5) is 13.2 Å². The Hall–Kier alpha value is -1.27. The minimum atomic E-state index is -4.57. The van der Waals surface area contributed by atoms with Crippen LogP contribution in [0.1, 0.15) is 65.2 Å². The topological polar surface area (TPSA) is 44.7 Å². The van der Waals surface area contributed by atoms with Gasteiger partial charge in [0.05, 0.1) is 17.9 Å². The minimum Gasteiger partial charge on any atom is -0.591 e. The molecular weight excluding hydrogens is 427 g/mol. The van der Waals surface area contributed by atoms with Gasteiger partial charge in [-0.15, -0.1) is 0 Å². The largest absolute Gasteiger partial charge is 0.591 e. The van der Waals surface area contributed by atoms with E-state index in [4.69, 9.17) is 4.43 Å². The third-order valence-electron chi connectivity index (χ3n) is 5.03. The van der Waals surface area contributed by atoms with E-state index in [2.05, 4.69) is 50.1 Å². The number of nitrogens with zero attached hydrogens (tertiary/aromatic N) is 1. The Labute approximate surface area is 183 Å². The molecule has 0 saturated heterocycles. The van der Waals surface area contributed by atoms with Crippen LogP contribution in [0.5, 0.6) is 0 Å². The Kier molecular flexibility index (Phi) is 8.45. The van der Waals surface area contributed by atoms with E-state index in [1.54, 1.807) is 27.7 Å². The zero-order valence-corrected chi connectivity index (χ0v) is 21.1. The Bertz CT molecular complexity index is 841. The summed E-state index contributed by atoms with van der Waals surface area (Å²) in [5.74, 6) is 5.41. The monoisotopic (exact) mass is 459 g/mol. The number of rotatable bonds is 4. The summed E-state index contributed by atoms with van der Waals surface area (Å²) in [5.41, 5.74) is -0.530. The highest BCUT2D eigenvalue weighted by Gasteiger charge is 2.37.